The second-order valence-electron chi connectivity index (χ2n) is 4.13. The van der Waals surface area contributed by atoms with Crippen LogP contribution >= 0.6 is 11.6 Å². The summed E-state index contributed by atoms with van der Waals surface area (Å²) < 4.78 is 43.1. The number of ether oxygens (including phenoxy) is 1. The number of alkyl halides is 3. The lowest BCUT2D eigenvalue weighted by Crippen LogP contribution is -2.39. The highest BCUT2D eigenvalue weighted by Gasteiger charge is 2.63. The average Bonchev–Trinajstić information content (AvgIpc) is 2.97. The number of aromatic nitrogens is 2. The molecule has 0 aliphatic heterocycles. The van der Waals surface area contributed by atoms with Crippen molar-refractivity contribution in [3.05, 3.63) is 17.0 Å². The molecule has 0 bridgehead atoms. The van der Waals surface area contributed by atoms with Crippen LogP contribution < -0.4 is 5.32 Å². The molecule has 0 spiro atoms. The fraction of sp³-hybridized carbons (Fsp3) is 0.600. The van der Waals surface area contributed by atoms with Crippen molar-refractivity contribution in [3.63, 3.8) is 0 Å². The SMILES string of the molecule is COCc1nc(Cl)cc(NC2(C(F)(F)F)CC2)n1. The van der Waals surface area contributed by atoms with Gasteiger partial charge in [0.25, 0.3) is 0 Å². The molecule has 1 fully saturated rings. The molecular formula is C10H11ClF3N3O. The molecule has 1 aromatic heterocycles. The number of hydrogen-bond acceptors (Lipinski definition) is 4. The summed E-state index contributed by atoms with van der Waals surface area (Å²) in [6, 6.07) is 1.27. The van der Waals surface area contributed by atoms with Gasteiger partial charge in [-0.1, -0.05) is 11.6 Å². The first-order chi connectivity index (χ1) is 8.36. The number of nitrogens with zero attached hydrogens (tertiary/aromatic N) is 2. The largest absolute Gasteiger partial charge is 0.411 e. The van der Waals surface area contributed by atoms with E-state index in [-0.39, 0.29) is 36.2 Å². The van der Waals surface area contributed by atoms with Gasteiger partial charge in [-0.2, -0.15) is 13.2 Å². The molecule has 100 valence electrons. The molecule has 1 aliphatic rings. The van der Waals surface area contributed by atoms with E-state index in [4.69, 9.17) is 16.3 Å². The van der Waals surface area contributed by atoms with Gasteiger partial charge in [-0.15, -0.1) is 0 Å². The van der Waals surface area contributed by atoms with Gasteiger partial charge >= 0.3 is 6.18 Å². The third-order valence-electron chi connectivity index (χ3n) is 2.67. The maximum Gasteiger partial charge on any atom is 0.411 e. The van der Waals surface area contributed by atoms with E-state index in [0.717, 1.165) is 0 Å². The van der Waals surface area contributed by atoms with Crippen molar-refractivity contribution in [2.45, 2.75) is 31.2 Å². The molecule has 1 aromatic rings. The molecule has 18 heavy (non-hydrogen) atoms. The molecular weight excluding hydrogens is 271 g/mol. The average molecular weight is 282 g/mol. The molecule has 0 radical (unpaired) electrons. The van der Waals surface area contributed by atoms with E-state index in [1.165, 1.54) is 13.2 Å². The van der Waals surface area contributed by atoms with Crippen molar-refractivity contribution in [2.75, 3.05) is 12.4 Å². The number of hydrogen-bond donors (Lipinski definition) is 1. The molecule has 8 heteroatoms. The predicted octanol–water partition coefficient (Wildman–Crippen LogP) is 2.78. The van der Waals surface area contributed by atoms with Crippen LogP contribution in [0.2, 0.25) is 5.15 Å². The summed E-state index contributed by atoms with van der Waals surface area (Å²) in [5, 5.41) is 2.47. The Hall–Kier alpha value is -1.08. The lowest BCUT2D eigenvalue weighted by Gasteiger charge is -2.21. The molecule has 2 rings (SSSR count). The van der Waals surface area contributed by atoms with Crippen molar-refractivity contribution in [1.82, 2.24) is 9.97 Å². The topological polar surface area (TPSA) is 47.0 Å². The van der Waals surface area contributed by atoms with Gasteiger partial charge in [-0.3, -0.25) is 0 Å². The Morgan fingerprint density at radius 2 is 2.11 bits per heavy atom. The first-order valence-corrected chi connectivity index (χ1v) is 5.61. The standard InChI is InChI=1S/C10H11ClF3N3O/c1-18-5-8-15-6(11)4-7(16-8)17-9(2-3-9)10(12,13)14/h4H,2-3,5H2,1H3,(H,15,16,17). The Labute approximate surface area is 107 Å². The Morgan fingerprint density at radius 1 is 1.44 bits per heavy atom. The Kier molecular flexibility index (Phi) is 3.37. The maximum atomic E-state index is 12.8. The van der Waals surface area contributed by atoms with Gasteiger partial charge in [-0.25, -0.2) is 9.97 Å². The minimum Gasteiger partial charge on any atom is -0.377 e. The van der Waals surface area contributed by atoms with Crippen LogP contribution in [0.1, 0.15) is 18.7 Å². The molecule has 0 unspecified atom stereocenters. The Morgan fingerprint density at radius 3 is 2.61 bits per heavy atom. The summed E-state index contributed by atoms with van der Waals surface area (Å²) in [5.74, 6) is 0.308. The molecule has 0 aromatic carbocycles. The van der Waals surface area contributed by atoms with Gasteiger partial charge in [0, 0.05) is 13.2 Å². The minimum absolute atomic E-state index is 0.0394. The fourth-order valence-corrected chi connectivity index (χ4v) is 1.77. The van der Waals surface area contributed by atoms with Crippen LogP contribution in [0.5, 0.6) is 0 Å². The lowest BCUT2D eigenvalue weighted by molar-refractivity contribution is -0.151. The highest BCUT2D eigenvalue weighted by atomic mass is 35.5. The molecule has 1 aliphatic carbocycles. The molecule has 0 atom stereocenters. The Balaban J connectivity index is 2.19. The zero-order valence-corrected chi connectivity index (χ0v) is 10.3. The molecule has 1 saturated carbocycles. The normalized spacial score (nSPS) is 17.6. The predicted molar refractivity (Wildman–Crippen MR) is 59.4 cm³/mol. The zero-order chi connectivity index (χ0) is 13.4. The molecule has 0 saturated heterocycles. The van der Waals surface area contributed by atoms with E-state index in [9.17, 15) is 13.2 Å². The summed E-state index contributed by atoms with van der Waals surface area (Å²) in [6.07, 6.45) is -4.22. The summed E-state index contributed by atoms with van der Waals surface area (Å²) in [4.78, 5) is 7.77. The maximum absolute atomic E-state index is 12.8. The summed E-state index contributed by atoms with van der Waals surface area (Å²) >= 11 is 5.72. The van der Waals surface area contributed by atoms with E-state index in [0.29, 0.717) is 0 Å². The van der Waals surface area contributed by atoms with E-state index in [2.05, 4.69) is 15.3 Å². The number of nitrogens with one attached hydrogen (secondary N) is 1. The first kappa shape index (κ1) is 13.4. The van der Waals surface area contributed by atoms with Crippen LogP contribution in [-0.4, -0.2) is 28.8 Å². The van der Waals surface area contributed by atoms with Crippen LogP contribution in [0.15, 0.2) is 6.07 Å². The Bertz CT molecular complexity index is 448. The van der Waals surface area contributed by atoms with E-state index in [1.54, 1.807) is 0 Å². The number of anilines is 1. The van der Waals surface area contributed by atoms with Crippen LogP contribution in [0.4, 0.5) is 19.0 Å². The van der Waals surface area contributed by atoms with E-state index in [1.807, 2.05) is 0 Å². The number of rotatable bonds is 4. The van der Waals surface area contributed by atoms with Crippen LogP contribution in [0.3, 0.4) is 0 Å². The van der Waals surface area contributed by atoms with Gasteiger partial charge < -0.3 is 10.1 Å². The van der Waals surface area contributed by atoms with Crippen LogP contribution in [0.25, 0.3) is 0 Å². The fourth-order valence-electron chi connectivity index (χ4n) is 1.57. The lowest BCUT2D eigenvalue weighted by atomic mass is 10.2. The van der Waals surface area contributed by atoms with Gasteiger partial charge in [0.1, 0.15) is 23.1 Å². The highest BCUT2D eigenvalue weighted by Crippen LogP contribution is 2.51. The number of methoxy groups -OCH3 is 1. The molecule has 0 amide bonds. The van der Waals surface area contributed by atoms with Gasteiger partial charge in [0.2, 0.25) is 0 Å². The highest BCUT2D eigenvalue weighted by molar-refractivity contribution is 6.29. The van der Waals surface area contributed by atoms with Gasteiger partial charge in [-0.05, 0) is 12.8 Å². The van der Waals surface area contributed by atoms with E-state index >= 15 is 0 Å². The quantitative estimate of drug-likeness (QED) is 0.862. The van der Waals surface area contributed by atoms with Gasteiger partial charge in [0.15, 0.2) is 5.82 Å². The van der Waals surface area contributed by atoms with Crippen molar-refractivity contribution < 1.29 is 17.9 Å². The summed E-state index contributed by atoms with van der Waals surface area (Å²) in [6.45, 7) is 0.0915. The van der Waals surface area contributed by atoms with Crippen molar-refractivity contribution in [2.24, 2.45) is 0 Å². The van der Waals surface area contributed by atoms with Crippen molar-refractivity contribution in [1.29, 1.82) is 0 Å². The number of halogens is 4. The monoisotopic (exact) mass is 281 g/mol. The third kappa shape index (κ3) is 2.67. The second kappa shape index (κ2) is 4.55. The van der Waals surface area contributed by atoms with Crippen LogP contribution in [0, 0.1) is 0 Å². The first-order valence-electron chi connectivity index (χ1n) is 5.24. The second-order valence-corrected chi connectivity index (χ2v) is 4.52. The third-order valence-corrected chi connectivity index (χ3v) is 2.87. The zero-order valence-electron chi connectivity index (χ0n) is 9.51. The van der Waals surface area contributed by atoms with E-state index < -0.39 is 11.7 Å². The molecule has 1 N–H and O–H groups in total. The molecule has 4 nitrogen and oxygen atoms in total. The smallest absolute Gasteiger partial charge is 0.377 e. The summed E-state index contributed by atoms with van der Waals surface area (Å²) in [5.41, 5.74) is -1.87. The van der Waals surface area contributed by atoms with Crippen LogP contribution in [-0.2, 0) is 11.3 Å². The summed E-state index contributed by atoms with van der Waals surface area (Å²) in [7, 11) is 1.44. The van der Waals surface area contributed by atoms with Gasteiger partial charge in [0.05, 0.1) is 0 Å². The minimum atomic E-state index is -4.30. The van der Waals surface area contributed by atoms with Crippen molar-refractivity contribution in [3.8, 4) is 0 Å². The van der Waals surface area contributed by atoms with Crippen molar-refractivity contribution >= 4 is 17.4 Å². The molecule has 1 heterocycles.